The van der Waals surface area contributed by atoms with Gasteiger partial charge in [-0.25, -0.2) is 9.79 Å². The smallest absolute Gasteiger partial charge is 0.338 e. The summed E-state index contributed by atoms with van der Waals surface area (Å²) in [6, 6.07) is 15.6. The molecule has 0 spiro atoms. The first-order chi connectivity index (χ1) is 17.5. The molecule has 2 aliphatic heterocycles. The van der Waals surface area contributed by atoms with Crippen molar-refractivity contribution in [1.82, 2.24) is 10.2 Å². The number of nitrogens with zero attached hydrogens (tertiary/aromatic N) is 2. The first-order valence-corrected chi connectivity index (χ1v) is 13.4. The quantitative estimate of drug-likeness (QED) is 0.484. The lowest BCUT2D eigenvalue weighted by molar-refractivity contribution is -0.139. The molecule has 6 nitrogen and oxygen atoms in total. The van der Waals surface area contributed by atoms with Gasteiger partial charge in [0.2, 0.25) is 5.91 Å². The van der Waals surface area contributed by atoms with Gasteiger partial charge in [-0.2, -0.15) is 0 Å². The molecule has 2 heterocycles. The summed E-state index contributed by atoms with van der Waals surface area (Å²) in [6.45, 7) is 6.93. The number of carbonyl (C=O) groups excluding carboxylic acids is 2. The summed E-state index contributed by atoms with van der Waals surface area (Å²) >= 11 is 1.49. The topological polar surface area (TPSA) is 71.0 Å². The summed E-state index contributed by atoms with van der Waals surface area (Å²) in [7, 11) is 0. The zero-order valence-corrected chi connectivity index (χ0v) is 21.7. The number of carbonyl (C=O) groups is 2. The van der Waals surface area contributed by atoms with Gasteiger partial charge in [-0.15, -0.1) is 0 Å². The van der Waals surface area contributed by atoms with Crippen LogP contribution in [0.4, 0.5) is 0 Å². The normalized spacial score (nSPS) is 19.0. The fourth-order valence-corrected chi connectivity index (χ4v) is 5.64. The summed E-state index contributed by atoms with van der Waals surface area (Å²) < 4.78 is 5.59. The van der Waals surface area contributed by atoms with E-state index in [0.29, 0.717) is 17.2 Å². The summed E-state index contributed by atoms with van der Waals surface area (Å²) in [4.78, 5) is 33.4. The average molecular weight is 502 g/mol. The van der Waals surface area contributed by atoms with Crippen LogP contribution in [0.15, 0.2) is 70.2 Å². The van der Waals surface area contributed by atoms with Crippen LogP contribution in [0.5, 0.6) is 0 Å². The second-order valence-electron chi connectivity index (χ2n) is 9.53. The van der Waals surface area contributed by atoms with Crippen LogP contribution >= 0.6 is 11.8 Å². The monoisotopic (exact) mass is 501 g/mol. The number of fused-ring (bicyclic) bond motifs is 1. The summed E-state index contributed by atoms with van der Waals surface area (Å²) in [6.07, 6.45) is 2.61. The number of benzene rings is 2. The predicted octanol–water partition coefficient (Wildman–Crippen LogP) is 5.50. The van der Waals surface area contributed by atoms with Crippen molar-refractivity contribution in [2.75, 3.05) is 13.2 Å². The number of aryl methyl sites for hydroxylation is 2. The number of thioether (sulfide) groups is 1. The minimum absolute atomic E-state index is 0.00935. The number of esters is 1. The van der Waals surface area contributed by atoms with E-state index in [-0.39, 0.29) is 18.9 Å². The third-order valence-corrected chi connectivity index (χ3v) is 7.59. The predicted molar refractivity (Wildman–Crippen MR) is 144 cm³/mol. The fourth-order valence-electron chi connectivity index (χ4n) is 4.72. The molecule has 1 N–H and O–H groups in total. The number of amidine groups is 1. The second kappa shape index (κ2) is 10.3. The number of ether oxygens (including phenoxy) is 1. The Morgan fingerprint density at radius 2 is 1.92 bits per heavy atom. The highest BCUT2D eigenvalue weighted by Crippen LogP contribution is 2.47. The Morgan fingerprint density at radius 3 is 2.61 bits per heavy atom. The third kappa shape index (κ3) is 4.98. The number of rotatable bonds is 8. The third-order valence-electron chi connectivity index (χ3n) is 6.70. The number of hydrogen-bond acceptors (Lipinski definition) is 6. The molecule has 2 aromatic carbocycles. The molecule has 7 heteroatoms. The van der Waals surface area contributed by atoms with Gasteiger partial charge in [0, 0.05) is 17.8 Å². The molecule has 36 heavy (non-hydrogen) atoms. The van der Waals surface area contributed by atoms with E-state index in [1.54, 1.807) is 0 Å². The van der Waals surface area contributed by atoms with Gasteiger partial charge in [0.1, 0.15) is 0 Å². The Kier molecular flexibility index (Phi) is 7.01. The Balaban J connectivity index is 1.61. The van der Waals surface area contributed by atoms with E-state index < -0.39 is 12.0 Å². The Morgan fingerprint density at radius 1 is 1.14 bits per heavy atom. The molecule has 1 atom stereocenters. The van der Waals surface area contributed by atoms with Crippen LogP contribution in [-0.4, -0.2) is 35.1 Å². The Bertz CT molecular complexity index is 1280. The molecule has 0 saturated heterocycles. The molecule has 1 saturated carbocycles. The van der Waals surface area contributed by atoms with Crippen molar-refractivity contribution in [1.29, 1.82) is 0 Å². The molecule has 1 unspecified atom stereocenters. The SMILES string of the molecule is CCOC(=O)C1=C(c2ccccc2)N=C2SC=C(CC(=O)NCC3CC3)N2C1c1ccc(C)cc1C. The Hall–Kier alpha value is -3.32. The maximum Gasteiger partial charge on any atom is 0.338 e. The average Bonchev–Trinajstić information content (AvgIpc) is 3.62. The van der Waals surface area contributed by atoms with E-state index >= 15 is 0 Å². The molecule has 2 aromatic rings. The molecular weight excluding hydrogens is 470 g/mol. The molecular formula is C29H31N3O3S. The largest absolute Gasteiger partial charge is 0.463 e. The molecule has 1 amide bonds. The van der Waals surface area contributed by atoms with Crippen LogP contribution in [0.1, 0.15) is 54.5 Å². The van der Waals surface area contributed by atoms with E-state index in [0.717, 1.165) is 39.7 Å². The number of hydrogen-bond donors (Lipinski definition) is 1. The van der Waals surface area contributed by atoms with E-state index in [4.69, 9.17) is 9.73 Å². The first kappa shape index (κ1) is 24.4. The maximum absolute atomic E-state index is 13.6. The van der Waals surface area contributed by atoms with Crippen molar-refractivity contribution in [3.63, 3.8) is 0 Å². The highest BCUT2D eigenvalue weighted by Gasteiger charge is 2.42. The zero-order chi connectivity index (χ0) is 25.2. The minimum Gasteiger partial charge on any atom is -0.463 e. The fraction of sp³-hybridized carbons (Fsp3) is 0.345. The molecule has 3 aliphatic rings. The van der Waals surface area contributed by atoms with Crippen molar-refractivity contribution in [3.8, 4) is 0 Å². The molecule has 0 aromatic heterocycles. The van der Waals surface area contributed by atoms with E-state index in [9.17, 15) is 9.59 Å². The van der Waals surface area contributed by atoms with Crippen LogP contribution in [0.25, 0.3) is 5.70 Å². The molecule has 5 rings (SSSR count). The van der Waals surface area contributed by atoms with Crippen LogP contribution in [0.3, 0.4) is 0 Å². The Labute approximate surface area is 216 Å². The molecule has 1 fully saturated rings. The van der Waals surface area contributed by atoms with Crippen molar-refractivity contribution in [2.45, 2.75) is 46.1 Å². The minimum atomic E-state index is -0.454. The maximum atomic E-state index is 13.6. The number of amides is 1. The van der Waals surface area contributed by atoms with Crippen LogP contribution in [0, 0.1) is 19.8 Å². The van der Waals surface area contributed by atoms with Crippen LogP contribution in [-0.2, 0) is 14.3 Å². The van der Waals surface area contributed by atoms with Gasteiger partial charge in [-0.3, -0.25) is 4.79 Å². The van der Waals surface area contributed by atoms with Crippen LogP contribution < -0.4 is 5.32 Å². The highest BCUT2D eigenvalue weighted by atomic mass is 32.2. The van der Waals surface area contributed by atoms with Crippen molar-refractivity contribution in [3.05, 3.63) is 87.5 Å². The van der Waals surface area contributed by atoms with E-state index in [1.807, 2.05) is 42.7 Å². The zero-order valence-electron chi connectivity index (χ0n) is 20.9. The molecule has 0 radical (unpaired) electrons. The summed E-state index contributed by atoms with van der Waals surface area (Å²) in [5.74, 6) is 0.214. The lowest BCUT2D eigenvalue weighted by Crippen LogP contribution is -2.38. The van der Waals surface area contributed by atoms with Gasteiger partial charge in [-0.05, 0) is 56.1 Å². The summed E-state index contributed by atoms with van der Waals surface area (Å²) in [5.41, 5.74) is 6.03. The first-order valence-electron chi connectivity index (χ1n) is 12.5. The van der Waals surface area contributed by atoms with Crippen LogP contribution in [0.2, 0.25) is 0 Å². The molecule has 0 bridgehead atoms. The number of nitrogens with one attached hydrogen (secondary N) is 1. The van der Waals surface area contributed by atoms with Crippen molar-refractivity contribution < 1.29 is 14.3 Å². The van der Waals surface area contributed by atoms with Crippen molar-refractivity contribution in [2.24, 2.45) is 10.9 Å². The number of aliphatic imine (C=N–C) groups is 1. The second-order valence-corrected chi connectivity index (χ2v) is 10.4. The van der Waals surface area contributed by atoms with Gasteiger partial charge in [0.05, 0.1) is 30.3 Å². The van der Waals surface area contributed by atoms with E-state index in [1.165, 1.54) is 24.6 Å². The van der Waals surface area contributed by atoms with Gasteiger partial charge < -0.3 is 15.0 Å². The summed E-state index contributed by atoms with van der Waals surface area (Å²) in [5, 5.41) is 5.82. The van der Waals surface area contributed by atoms with Gasteiger partial charge in [0.15, 0.2) is 5.17 Å². The molecule has 186 valence electrons. The van der Waals surface area contributed by atoms with Gasteiger partial charge >= 0.3 is 5.97 Å². The highest BCUT2D eigenvalue weighted by molar-refractivity contribution is 8.16. The molecule has 1 aliphatic carbocycles. The van der Waals surface area contributed by atoms with E-state index in [2.05, 4.69) is 42.3 Å². The standard InChI is InChI=1S/C29H31N3O3S/c1-4-35-28(34)25-26(21-8-6-5-7-9-21)31-29-32(27(25)23-13-10-18(2)14-19(23)3)22(17-36-29)15-24(33)30-16-20-11-12-20/h5-10,13-14,17,20,27H,4,11-12,15-16H2,1-3H3,(H,30,33). The lowest BCUT2D eigenvalue weighted by Gasteiger charge is -2.37. The van der Waals surface area contributed by atoms with Gasteiger partial charge in [-0.1, -0.05) is 65.9 Å². The van der Waals surface area contributed by atoms with Crippen molar-refractivity contribution >= 4 is 34.5 Å². The lowest BCUT2D eigenvalue weighted by atomic mass is 9.88. The van der Waals surface area contributed by atoms with Gasteiger partial charge in [0.25, 0.3) is 0 Å².